The third-order valence-corrected chi connectivity index (χ3v) is 8.14. The van der Waals surface area contributed by atoms with Crippen LogP contribution in [0.4, 0.5) is 0 Å². The molecule has 0 fully saturated rings. The molecular weight excluding hydrogens is 412 g/mol. The first-order chi connectivity index (χ1) is 12.2. The molecule has 0 saturated carbocycles. The molecular formula is C16H20N2O6S3. The Morgan fingerprint density at radius 3 is 1.74 bits per heavy atom. The highest BCUT2D eigenvalue weighted by atomic mass is 32.2. The second-order valence-electron chi connectivity index (χ2n) is 6.14. The van der Waals surface area contributed by atoms with Crippen molar-refractivity contribution >= 4 is 29.7 Å². The van der Waals surface area contributed by atoms with Gasteiger partial charge in [0, 0.05) is 31.8 Å². The molecule has 0 saturated heterocycles. The summed E-state index contributed by atoms with van der Waals surface area (Å²) in [6.45, 7) is 1.66. The van der Waals surface area contributed by atoms with Crippen molar-refractivity contribution in [3.05, 3.63) is 48.2 Å². The lowest BCUT2D eigenvalue weighted by Gasteiger charge is -2.24. The first-order valence-electron chi connectivity index (χ1n) is 7.69. The van der Waals surface area contributed by atoms with Gasteiger partial charge in [-0.2, -0.15) is 4.31 Å². The fourth-order valence-electron chi connectivity index (χ4n) is 2.32. The second kappa shape index (κ2) is 7.30. The van der Waals surface area contributed by atoms with Gasteiger partial charge in [0.1, 0.15) is 4.90 Å². The molecule has 27 heavy (non-hydrogen) atoms. The Labute approximate surface area is 159 Å². The van der Waals surface area contributed by atoms with Gasteiger partial charge in [-0.25, -0.2) is 30.2 Å². The Kier molecular flexibility index (Phi) is 5.81. The molecule has 1 aromatic carbocycles. The first kappa shape index (κ1) is 21.5. The van der Waals surface area contributed by atoms with Gasteiger partial charge in [0.05, 0.1) is 4.90 Å². The van der Waals surface area contributed by atoms with Crippen LogP contribution in [0.2, 0.25) is 0 Å². The van der Waals surface area contributed by atoms with Crippen molar-refractivity contribution in [3.63, 3.8) is 0 Å². The van der Waals surface area contributed by atoms with E-state index in [0.29, 0.717) is 5.56 Å². The zero-order chi connectivity index (χ0) is 20.6. The second-order valence-corrected chi connectivity index (χ2v) is 12.1. The number of sulfonamides is 1. The van der Waals surface area contributed by atoms with Gasteiger partial charge in [-0.05, 0) is 36.8 Å². The lowest BCUT2D eigenvalue weighted by atomic mass is 10.1. The zero-order valence-corrected chi connectivity index (χ0v) is 17.6. The molecule has 0 aliphatic heterocycles. The molecule has 1 heterocycles. The number of rotatable bonds is 6. The zero-order valence-electron chi connectivity index (χ0n) is 15.2. The van der Waals surface area contributed by atoms with Crippen molar-refractivity contribution in [2.24, 2.45) is 0 Å². The summed E-state index contributed by atoms with van der Waals surface area (Å²) < 4.78 is 72.6. The molecule has 8 nitrogen and oxygen atoms in total. The molecule has 0 radical (unpaired) electrons. The smallest absolute Gasteiger partial charge is 0.243 e. The molecule has 0 N–H and O–H groups in total. The lowest BCUT2D eigenvalue weighted by Crippen LogP contribution is -2.30. The van der Waals surface area contributed by atoms with Crippen LogP contribution >= 0.6 is 0 Å². The highest BCUT2D eigenvalue weighted by Crippen LogP contribution is 2.26. The Hall–Kier alpha value is -1.82. The van der Waals surface area contributed by atoms with E-state index < -0.39 is 35.7 Å². The van der Waals surface area contributed by atoms with Gasteiger partial charge in [-0.3, -0.25) is 0 Å². The number of nitrogens with zero attached hydrogens (tertiary/aromatic N) is 2. The van der Waals surface area contributed by atoms with Gasteiger partial charge in [0.15, 0.2) is 24.7 Å². The SMILES string of the molecule is C[C@@H](c1ccc(S(C)(=O)=O)cc1)N(C)S(=O)(=O)c1ccc(S(C)(=O)=O)nc1. The molecule has 1 atom stereocenters. The monoisotopic (exact) mass is 432 g/mol. The maximum absolute atomic E-state index is 12.8. The molecule has 2 rings (SSSR count). The summed E-state index contributed by atoms with van der Waals surface area (Å²) in [5, 5.41) is -0.214. The van der Waals surface area contributed by atoms with Gasteiger partial charge >= 0.3 is 0 Å². The predicted molar refractivity (Wildman–Crippen MR) is 100 cm³/mol. The highest BCUT2D eigenvalue weighted by molar-refractivity contribution is 7.91. The van der Waals surface area contributed by atoms with Crippen LogP contribution in [-0.4, -0.2) is 54.1 Å². The average Bonchev–Trinajstić information content (AvgIpc) is 2.59. The highest BCUT2D eigenvalue weighted by Gasteiger charge is 2.27. The maximum atomic E-state index is 12.8. The maximum Gasteiger partial charge on any atom is 0.244 e. The third-order valence-electron chi connectivity index (χ3n) is 4.10. The molecule has 0 aliphatic carbocycles. The van der Waals surface area contributed by atoms with E-state index in [2.05, 4.69) is 4.98 Å². The number of hydrogen-bond acceptors (Lipinski definition) is 7. The van der Waals surface area contributed by atoms with Crippen LogP contribution in [0.5, 0.6) is 0 Å². The fourth-order valence-corrected chi connectivity index (χ4v) is 4.80. The molecule has 148 valence electrons. The summed E-state index contributed by atoms with van der Waals surface area (Å²) in [7, 11) is -9.42. The number of pyridine rings is 1. The Bertz CT molecular complexity index is 1140. The number of sulfone groups is 2. The lowest BCUT2D eigenvalue weighted by molar-refractivity contribution is 0.398. The number of benzene rings is 1. The number of hydrogen-bond donors (Lipinski definition) is 0. The van der Waals surface area contributed by atoms with Gasteiger partial charge in [-0.1, -0.05) is 12.1 Å². The van der Waals surface area contributed by atoms with Crippen molar-refractivity contribution in [1.82, 2.24) is 9.29 Å². The summed E-state index contributed by atoms with van der Waals surface area (Å²) in [4.78, 5) is 3.71. The van der Waals surface area contributed by atoms with E-state index >= 15 is 0 Å². The summed E-state index contributed by atoms with van der Waals surface area (Å²) in [5.41, 5.74) is 0.606. The molecule has 0 spiro atoms. The van der Waals surface area contributed by atoms with E-state index in [1.54, 1.807) is 19.1 Å². The minimum atomic E-state index is -3.93. The van der Waals surface area contributed by atoms with Crippen molar-refractivity contribution in [2.45, 2.75) is 27.8 Å². The van der Waals surface area contributed by atoms with Crippen molar-refractivity contribution in [2.75, 3.05) is 19.6 Å². The molecule has 2 aromatic rings. The van der Waals surface area contributed by atoms with Crippen LogP contribution in [0.15, 0.2) is 57.4 Å². The van der Waals surface area contributed by atoms with Gasteiger partial charge in [0.2, 0.25) is 10.0 Å². The van der Waals surface area contributed by atoms with Gasteiger partial charge in [-0.15, -0.1) is 0 Å². The van der Waals surface area contributed by atoms with Crippen LogP contribution in [0.3, 0.4) is 0 Å². The Balaban J connectivity index is 2.33. The Morgan fingerprint density at radius 2 is 1.33 bits per heavy atom. The largest absolute Gasteiger partial charge is 0.244 e. The van der Waals surface area contributed by atoms with Crippen LogP contribution in [0.1, 0.15) is 18.5 Å². The van der Waals surface area contributed by atoms with Crippen LogP contribution in [-0.2, 0) is 29.7 Å². The quantitative estimate of drug-likeness (QED) is 0.674. The molecule has 1 aromatic heterocycles. The minimum Gasteiger partial charge on any atom is -0.243 e. The summed E-state index contributed by atoms with van der Waals surface area (Å²) >= 11 is 0. The van der Waals surface area contributed by atoms with E-state index in [4.69, 9.17) is 0 Å². The average molecular weight is 433 g/mol. The normalized spacial score (nSPS) is 14.3. The van der Waals surface area contributed by atoms with E-state index in [1.165, 1.54) is 25.2 Å². The standard InChI is InChI=1S/C16H20N2O6S3/c1-12(13-5-7-14(8-6-13)25(3,19)20)18(2)27(23,24)15-9-10-16(17-11-15)26(4,21)22/h5-12H,1-4H3/t12-/m0/s1. The van der Waals surface area contributed by atoms with E-state index in [1.807, 2.05) is 0 Å². The summed E-state index contributed by atoms with van der Waals surface area (Å²) in [5.74, 6) is 0. The minimum absolute atomic E-state index is 0.142. The van der Waals surface area contributed by atoms with Crippen molar-refractivity contribution in [3.8, 4) is 0 Å². The fraction of sp³-hybridized carbons (Fsp3) is 0.312. The topological polar surface area (TPSA) is 119 Å². The van der Waals surface area contributed by atoms with Gasteiger partial charge < -0.3 is 0 Å². The van der Waals surface area contributed by atoms with Crippen LogP contribution in [0.25, 0.3) is 0 Å². The van der Waals surface area contributed by atoms with Crippen molar-refractivity contribution in [1.29, 1.82) is 0 Å². The van der Waals surface area contributed by atoms with Crippen LogP contribution in [0, 0.1) is 0 Å². The third kappa shape index (κ3) is 4.72. The molecule has 0 amide bonds. The number of aromatic nitrogens is 1. The van der Waals surface area contributed by atoms with Crippen molar-refractivity contribution < 1.29 is 25.3 Å². The summed E-state index contributed by atoms with van der Waals surface area (Å²) in [6.07, 6.45) is 3.08. The van der Waals surface area contributed by atoms with Gasteiger partial charge in [0.25, 0.3) is 0 Å². The van der Waals surface area contributed by atoms with E-state index in [9.17, 15) is 25.3 Å². The van der Waals surface area contributed by atoms with E-state index in [0.717, 1.165) is 29.1 Å². The molecule has 0 bridgehead atoms. The molecule has 11 heteroatoms. The molecule has 0 unspecified atom stereocenters. The van der Waals surface area contributed by atoms with Crippen LogP contribution < -0.4 is 0 Å². The predicted octanol–water partition coefficient (Wildman–Crippen LogP) is 1.27. The summed E-state index contributed by atoms with van der Waals surface area (Å²) in [6, 6.07) is 7.69. The Morgan fingerprint density at radius 1 is 0.815 bits per heavy atom. The van der Waals surface area contributed by atoms with E-state index in [-0.39, 0.29) is 14.8 Å². The molecule has 0 aliphatic rings. The first-order valence-corrected chi connectivity index (χ1v) is 12.9.